The summed E-state index contributed by atoms with van der Waals surface area (Å²) in [6, 6.07) is 0. The zero-order valence-electron chi connectivity index (χ0n) is 9.85. The number of hydrogen-bond donors (Lipinski definition) is 1. The maximum Gasteiger partial charge on any atom is 0.195 e. The molecule has 1 N–H and O–H groups in total. The van der Waals surface area contributed by atoms with Gasteiger partial charge in [-0.1, -0.05) is 0 Å². The molecular formula is C12H20N2O2. The second kappa shape index (κ2) is 5.46. The molecule has 0 aromatic carbocycles. The van der Waals surface area contributed by atoms with E-state index in [-0.39, 0.29) is 6.10 Å². The molecule has 1 aromatic rings. The largest absolute Gasteiger partial charge is 0.446 e. The Labute approximate surface area is 96.3 Å². The van der Waals surface area contributed by atoms with Crippen molar-refractivity contribution >= 4 is 0 Å². The first-order chi connectivity index (χ1) is 7.74. The molecule has 0 spiro atoms. The summed E-state index contributed by atoms with van der Waals surface area (Å²) in [4.78, 5) is 6.67. The zero-order valence-corrected chi connectivity index (χ0v) is 9.85. The average Bonchev–Trinajstić information content (AvgIpc) is 2.84. The number of aliphatic hydroxyl groups excluding tert-OH is 1. The van der Waals surface area contributed by atoms with Gasteiger partial charge in [-0.15, -0.1) is 0 Å². The van der Waals surface area contributed by atoms with E-state index in [2.05, 4.69) is 9.88 Å². The van der Waals surface area contributed by atoms with Crippen LogP contribution in [0.4, 0.5) is 0 Å². The van der Waals surface area contributed by atoms with E-state index >= 15 is 0 Å². The second-order valence-corrected chi connectivity index (χ2v) is 4.57. The van der Waals surface area contributed by atoms with E-state index in [0.29, 0.717) is 6.42 Å². The Hall–Kier alpha value is -0.870. The highest BCUT2D eigenvalue weighted by Crippen LogP contribution is 2.10. The molecule has 1 atom stereocenters. The van der Waals surface area contributed by atoms with Gasteiger partial charge in [0.25, 0.3) is 0 Å². The highest BCUT2D eigenvalue weighted by Gasteiger charge is 2.13. The predicted molar refractivity (Wildman–Crippen MR) is 61.3 cm³/mol. The van der Waals surface area contributed by atoms with Crippen LogP contribution in [-0.2, 0) is 12.8 Å². The van der Waals surface area contributed by atoms with Gasteiger partial charge in [0.1, 0.15) is 5.76 Å². The van der Waals surface area contributed by atoms with Crippen LogP contribution in [0.25, 0.3) is 0 Å². The van der Waals surface area contributed by atoms with Crippen molar-refractivity contribution < 1.29 is 9.52 Å². The van der Waals surface area contributed by atoms with Crippen LogP contribution in [0.1, 0.15) is 31.4 Å². The Morgan fingerprint density at radius 3 is 2.94 bits per heavy atom. The topological polar surface area (TPSA) is 49.5 Å². The Morgan fingerprint density at radius 2 is 2.25 bits per heavy atom. The van der Waals surface area contributed by atoms with E-state index < -0.39 is 0 Å². The molecule has 4 heteroatoms. The van der Waals surface area contributed by atoms with Gasteiger partial charge < -0.3 is 14.4 Å². The quantitative estimate of drug-likeness (QED) is 0.817. The van der Waals surface area contributed by atoms with Crippen LogP contribution in [0.3, 0.4) is 0 Å². The number of aromatic nitrogens is 1. The van der Waals surface area contributed by atoms with Gasteiger partial charge in [0, 0.05) is 19.4 Å². The molecule has 0 radical (unpaired) electrons. The van der Waals surface area contributed by atoms with Crippen molar-refractivity contribution in [3.05, 3.63) is 17.8 Å². The lowest BCUT2D eigenvalue weighted by Gasteiger charge is -2.12. The fourth-order valence-corrected chi connectivity index (χ4v) is 2.11. The Bertz CT molecular complexity index is 317. The van der Waals surface area contributed by atoms with Gasteiger partial charge >= 0.3 is 0 Å². The highest BCUT2D eigenvalue weighted by molar-refractivity contribution is 4.96. The number of oxazole rings is 1. The third-order valence-electron chi connectivity index (χ3n) is 2.94. The van der Waals surface area contributed by atoms with Gasteiger partial charge in [0.05, 0.1) is 12.3 Å². The first-order valence-electron chi connectivity index (χ1n) is 6.08. The fourth-order valence-electron chi connectivity index (χ4n) is 2.11. The van der Waals surface area contributed by atoms with Crippen molar-refractivity contribution in [1.29, 1.82) is 0 Å². The van der Waals surface area contributed by atoms with Crippen LogP contribution in [0, 0.1) is 0 Å². The summed E-state index contributed by atoms with van der Waals surface area (Å²) in [6.45, 7) is 5.21. The van der Waals surface area contributed by atoms with E-state index in [1.165, 1.54) is 25.9 Å². The van der Waals surface area contributed by atoms with Crippen LogP contribution < -0.4 is 0 Å². The number of likely N-dealkylation sites (tertiary alicyclic amines) is 1. The molecular weight excluding hydrogens is 204 g/mol. The molecule has 16 heavy (non-hydrogen) atoms. The molecule has 2 heterocycles. The van der Waals surface area contributed by atoms with E-state index in [1.54, 1.807) is 13.1 Å². The number of rotatable bonds is 5. The molecule has 1 aromatic heterocycles. The second-order valence-electron chi connectivity index (χ2n) is 4.57. The normalized spacial score (nSPS) is 19.1. The lowest BCUT2D eigenvalue weighted by atomic mass is 10.2. The molecule has 0 amide bonds. The van der Waals surface area contributed by atoms with E-state index in [9.17, 15) is 5.11 Å². The zero-order chi connectivity index (χ0) is 11.4. The van der Waals surface area contributed by atoms with E-state index in [1.807, 2.05) is 0 Å². The molecule has 0 saturated carbocycles. The molecule has 90 valence electrons. The van der Waals surface area contributed by atoms with Crippen LogP contribution >= 0.6 is 0 Å². The predicted octanol–water partition coefficient (Wildman–Crippen LogP) is 1.24. The van der Waals surface area contributed by atoms with Gasteiger partial charge in [-0.25, -0.2) is 4.98 Å². The summed E-state index contributed by atoms with van der Waals surface area (Å²) in [7, 11) is 0. The summed E-state index contributed by atoms with van der Waals surface area (Å²) in [6.07, 6.45) is 5.43. The van der Waals surface area contributed by atoms with E-state index in [4.69, 9.17) is 4.42 Å². The summed E-state index contributed by atoms with van der Waals surface area (Å²) < 4.78 is 5.56. The minimum Gasteiger partial charge on any atom is -0.446 e. The molecule has 4 nitrogen and oxygen atoms in total. The maximum absolute atomic E-state index is 9.22. The molecule has 0 bridgehead atoms. The first-order valence-corrected chi connectivity index (χ1v) is 6.08. The van der Waals surface area contributed by atoms with Crippen molar-refractivity contribution in [3.63, 3.8) is 0 Å². The first kappa shape index (κ1) is 11.6. The monoisotopic (exact) mass is 224 g/mol. The minimum atomic E-state index is -0.362. The molecule has 0 aliphatic carbocycles. The van der Waals surface area contributed by atoms with Crippen molar-refractivity contribution in [3.8, 4) is 0 Å². The van der Waals surface area contributed by atoms with E-state index in [0.717, 1.165) is 24.6 Å². The van der Waals surface area contributed by atoms with Crippen molar-refractivity contribution in [2.75, 3.05) is 19.6 Å². The molecule has 2 rings (SSSR count). The molecule has 1 unspecified atom stereocenters. The summed E-state index contributed by atoms with van der Waals surface area (Å²) >= 11 is 0. The lowest BCUT2D eigenvalue weighted by Crippen LogP contribution is -2.21. The smallest absolute Gasteiger partial charge is 0.195 e. The SMILES string of the molecule is CC(O)Cc1cnc(CCN2CCCC2)o1. The van der Waals surface area contributed by atoms with Crippen LogP contribution in [-0.4, -0.2) is 40.7 Å². The van der Waals surface area contributed by atoms with Gasteiger partial charge in [0.15, 0.2) is 5.89 Å². The number of nitrogens with zero attached hydrogens (tertiary/aromatic N) is 2. The Kier molecular flexibility index (Phi) is 3.96. The molecule has 1 aliphatic rings. The lowest BCUT2D eigenvalue weighted by molar-refractivity contribution is 0.186. The molecule has 1 aliphatic heterocycles. The Morgan fingerprint density at radius 1 is 1.50 bits per heavy atom. The molecule has 1 saturated heterocycles. The van der Waals surface area contributed by atoms with Gasteiger partial charge in [-0.2, -0.15) is 0 Å². The average molecular weight is 224 g/mol. The summed E-state index contributed by atoms with van der Waals surface area (Å²) in [5, 5.41) is 9.22. The third-order valence-corrected chi connectivity index (χ3v) is 2.94. The highest BCUT2D eigenvalue weighted by atomic mass is 16.4. The molecule has 1 fully saturated rings. The third kappa shape index (κ3) is 3.32. The van der Waals surface area contributed by atoms with Crippen LogP contribution in [0.2, 0.25) is 0 Å². The van der Waals surface area contributed by atoms with Crippen molar-refractivity contribution in [2.24, 2.45) is 0 Å². The number of hydrogen-bond acceptors (Lipinski definition) is 4. The van der Waals surface area contributed by atoms with Crippen LogP contribution in [0.15, 0.2) is 10.6 Å². The standard InChI is InChI=1S/C12H20N2O2/c1-10(15)8-11-9-13-12(16-11)4-7-14-5-2-3-6-14/h9-10,15H,2-8H2,1H3. The number of aliphatic hydroxyl groups is 1. The van der Waals surface area contributed by atoms with Gasteiger partial charge in [0.2, 0.25) is 0 Å². The van der Waals surface area contributed by atoms with Crippen LogP contribution in [0.5, 0.6) is 0 Å². The van der Waals surface area contributed by atoms with Crippen molar-refractivity contribution in [2.45, 2.75) is 38.7 Å². The summed E-state index contributed by atoms with van der Waals surface area (Å²) in [5.41, 5.74) is 0. The summed E-state index contributed by atoms with van der Waals surface area (Å²) in [5.74, 6) is 1.58. The van der Waals surface area contributed by atoms with Gasteiger partial charge in [-0.05, 0) is 32.9 Å². The maximum atomic E-state index is 9.22. The van der Waals surface area contributed by atoms with Gasteiger partial charge in [-0.3, -0.25) is 0 Å². The minimum absolute atomic E-state index is 0.362. The Balaban J connectivity index is 1.78. The van der Waals surface area contributed by atoms with Crippen molar-refractivity contribution in [1.82, 2.24) is 9.88 Å². The fraction of sp³-hybridized carbons (Fsp3) is 0.750.